The van der Waals surface area contributed by atoms with E-state index in [0.29, 0.717) is 17.5 Å². The van der Waals surface area contributed by atoms with E-state index in [1.165, 1.54) is 0 Å². The Morgan fingerprint density at radius 3 is 1.87 bits per heavy atom. The van der Waals surface area contributed by atoms with Crippen LogP contribution in [0.5, 0.6) is 0 Å². The summed E-state index contributed by atoms with van der Waals surface area (Å²) in [6.07, 6.45) is 0.778. The van der Waals surface area contributed by atoms with Gasteiger partial charge >= 0.3 is 0 Å². The smallest absolute Gasteiger partial charge is 0.242 e. The molecule has 0 heterocycles. The van der Waals surface area contributed by atoms with Gasteiger partial charge in [0.25, 0.3) is 0 Å². The van der Waals surface area contributed by atoms with Crippen LogP contribution in [0, 0.1) is 5.41 Å². The highest BCUT2D eigenvalue weighted by Gasteiger charge is 2.29. The number of aryl methyl sites for hydroxylation is 1. The monoisotopic (exact) mass is 641 g/mol. The molecule has 11 heteroatoms. The van der Waals surface area contributed by atoms with Crippen LogP contribution in [0.3, 0.4) is 0 Å². The number of nitrogens with two attached hydrogens (primary N) is 1. The van der Waals surface area contributed by atoms with E-state index in [1.54, 1.807) is 54.6 Å². The first-order chi connectivity index (χ1) is 22.2. The van der Waals surface area contributed by atoms with Crippen molar-refractivity contribution in [2.45, 2.75) is 43.8 Å². The van der Waals surface area contributed by atoms with E-state index in [4.69, 9.17) is 15.9 Å². The van der Waals surface area contributed by atoms with Gasteiger partial charge in [0.05, 0.1) is 19.0 Å². The van der Waals surface area contributed by atoms with E-state index in [9.17, 15) is 18.0 Å². The summed E-state index contributed by atoms with van der Waals surface area (Å²) in [6, 6.07) is 32.2. The zero-order chi connectivity index (χ0) is 32.8. The number of amidine groups is 1. The van der Waals surface area contributed by atoms with Crippen LogP contribution in [0.2, 0.25) is 0 Å². The van der Waals surface area contributed by atoms with Crippen molar-refractivity contribution in [3.8, 4) is 0 Å². The number of sulfonamides is 1. The number of nitrogen functional groups attached to an aromatic ring is 1. The number of benzene rings is 4. The van der Waals surface area contributed by atoms with Gasteiger partial charge in [0.2, 0.25) is 21.8 Å². The van der Waals surface area contributed by atoms with Crippen molar-refractivity contribution < 1.29 is 22.7 Å². The molecule has 10 nitrogen and oxygen atoms in total. The van der Waals surface area contributed by atoms with Crippen LogP contribution in [0.15, 0.2) is 115 Å². The summed E-state index contributed by atoms with van der Waals surface area (Å²) >= 11 is 0. The number of carbonyl (C=O) groups excluding carboxylic acids is 2. The van der Waals surface area contributed by atoms with E-state index >= 15 is 0 Å². The molecule has 0 saturated carbocycles. The van der Waals surface area contributed by atoms with E-state index in [0.717, 1.165) is 16.7 Å². The fraction of sp³-hybridized carbons (Fsp3) is 0.229. The second-order valence-corrected chi connectivity index (χ2v) is 12.6. The molecule has 0 saturated heterocycles. The zero-order valence-corrected chi connectivity index (χ0v) is 26.2. The van der Waals surface area contributed by atoms with Crippen LogP contribution in [0.25, 0.3) is 0 Å². The first-order valence-electron chi connectivity index (χ1n) is 14.9. The summed E-state index contributed by atoms with van der Waals surface area (Å²) in [4.78, 5) is 27.1. The summed E-state index contributed by atoms with van der Waals surface area (Å²) in [5.41, 5.74) is 9.31. The minimum atomic E-state index is -3.96. The summed E-state index contributed by atoms with van der Waals surface area (Å²) in [5, 5.41) is 13.2. The van der Waals surface area contributed by atoms with E-state index in [2.05, 4.69) is 15.4 Å². The highest BCUT2D eigenvalue weighted by Crippen LogP contribution is 2.10. The van der Waals surface area contributed by atoms with Gasteiger partial charge in [-0.15, -0.1) is 0 Å². The fourth-order valence-electron chi connectivity index (χ4n) is 4.70. The lowest BCUT2D eigenvalue weighted by Gasteiger charge is -2.23. The Kier molecular flexibility index (Phi) is 12.6. The van der Waals surface area contributed by atoms with Crippen LogP contribution in [0.1, 0.15) is 34.2 Å². The number of rotatable bonds is 17. The molecule has 6 N–H and O–H groups in total. The molecular weight excluding hydrogens is 602 g/mol. The number of nitrogens with one attached hydrogen (secondary N) is 4. The van der Waals surface area contributed by atoms with Gasteiger partial charge in [0, 0.05) is 12.1 Å². The van der Waals surface area contributed by atoms with Crippen molar-refractivity contribution >= 4 is 27.7 Å². The first-order valence-corrected chi connectivity index (χ1v) is 16.5. The average molecular weight is 642 g/mol. The maximum absolute atomic E-state index is 13.7. The van der Waals surface area contributed by atoms with Gasteiger partial charge in [-0.05, 0) is 35.1 Å². The van der Waals surface area contributed by atoms with Crippen molar-refractivity contribution in [1.29, 1.82) is 5.41 Å². The molecule has 0 aliphatic heterocycles. The lowest BCUT2D eigenvalue weighted by atomic mass is 10.0. The van der Waals surface area contributed by atoms with E-state index in [1.807, 2.05) is 60.7 Å². The number of hydrogen-bond acceptors (Lipinski definition) is 6. The number of amides is 2. The second kappa shape index (κ2) is 17.0. The topological polar surface area (TPSA) is 163 Å². The van der Waals surface area contributed by atoms with Crippen LogP contribution >= 0.6 is 0 Å². The largest absolute Gasteiger partial charge is 0.384 e. The lowest BCUT2D eigenvalue weighted by molar-refractivity contribution is -0.130. The maximum Gasteiger partial charge on any atom is 0.242 e. The van der Waals surface area contributed by atoms with Gasteiger partial charge in [-0.3, -0.25) is 15.0 Å². The quantitative estimate of drug-likeness (QED) is 0.0877. The summed E-state index contributed by atoms with van der Waals surface area (Å²) in [7, 11) is -3.96. The predicted molar refractivity (Wildman–Crippen MR) is 178 cm³/mol. The maximum atomic E-state index is 13.7. The normalized spacial score (nSPS) is 12.5. The van der Waals surface area contributed by atoms with Crippen LogP contribution in [-0.2, 0) is 49.7 Å². The molecule has 0 fully saturated rings. The molecular formula is C35H39N5O5S. The van der Waals surface area contributed by atoms with Crippen molar-refractivity contribution in [2.24, 2.45) is 5.73 Å². The summed E-state index contributed by atoms with van der Waals surface area (Å²) < 4.78 is 34.6. The van der Waals surface area contributed by atoms with Crippen molar-refractivity contribution in [2.75, 3.05) is 6.61 Å². The third-order valence-electron chi connectivity index (χ3n) is 7.16. The van der Waals surface area contributed by atoms with Crippen molar-refractivity contribution in [3.05, 3.63) is 143 Å². The molecule has 0 aliphatic rings. The highest BCUT2D eigenvalue weighted by molar-refractivity contribution is 7.88. The van der Waals surface area contributed by atoms with Crippen LogP contribution < -0.4 is 21.1 Å². The molecule has 2 amide bonds. The molecule has 0 aromatic heterocycles. The molecule has 4 rings (SSSR count). The molecule has 0 radical (unpaired) electrons. The van der Waals surface area contributed by atoms with Gasteiger partial charge in [-0.1, -0.05) is 115 Å². The minimum Gasteiger partial charge on any atom is -0.384 e. The molecule has 2 atom stereocenters. The number of ether oxygens (including phenoxy) is 1. The average Bonchev–Trinajstić information content (AvgIpc) is 3.06. The summed E-state index contributed by atoms with van der Waals surface area (Å²) in [5.74, 6) is -1.47. The Morgan fingerprint density at radius 2 is 1.28 bits per heavy atom. The molecule has 4 aromatic rings. The molecule has 4 aromatic carbocycles. The number of carbonyl (C=O) groups is 2. The number of hydrogen-bond donors (Lipinski definition) is 5. The Morgan fingerprint density at radius 1 is 0.717 bits per heavy atom. The standard InChI is InChI=1S/C35H39N5O5S/c36-33(37)30-19-16-27(17-20-30)22-38-34(41)31(21-18-26-10-4-1-5-11-26)39-35(42)32(24-45-23-28-12-6-2-7-13-28)40-46(43,44)25-29-14-8-3-9-15-29/h1-17,19-20,31-32,40H,18,21-25H2,(H3,36,37)(H,38,41)(H,39,42)/t31-,32+/m0/s1. The Bertz CT molecular complexity index is 1670. The molecule has 0 aliphatic carbocycles. The first kappa shape index (κ1) is 34.0. The predicted octanol–water partition coefficient (Wildman–Crippen LogP) is 3.41. The fourth-order valence-corrected chi connectivity index (χ4v) is 6.02. The Balaban J connectivity index is 1.48. The van der Waals surface area contributed by atoms with Gasteiger partial charge in [0.1, 0.15) is 17.9 Å². The Hall–Kier alpha value is -4.84. The van der Waals surface area contributed by atoms with Gasteiger partial charge in [-0.2, -0.15) is 0 Å². The van der Waals surface area contributed by atoms with Crippen LogP contribution in [-0.4, -0.2) is 44.8 Å². The molecule has 0 unspecified atom stereocenters. The summed E-state index contributed by atoms with van der Waals surface area (Å²) in [6.45, 7) is 0.109. The molecule has 46 heavy (non-hydrogen) atoms. The molecule has 240 valence electrons. The lowest BCUT2D eigenvalue weighted by Crippen LogP contribution is -2.55. The van der Waals surface area contributed by atoms with Gasteiger partial charge < -0.3 is 21.1 Å². The zero-order valence-electron chi connectivity index (χ0n) is 25.4. The Labute approximate surface area is 269 Å². The van der Waals surface area contributed by atoms with Crippen molar-refractivity contribution in [1.82, 2.24) is 15.4 Å². The third-order valence-corrected chi connectivity index (χ3v) is 8.52. The van der Waals surface area contributed by atoms with Gasteiger partial charge in [-0.25, -0.2) is 13.1 Å². The van der Waals surface area contributed by atoms with Crippen molar-refractivity contribution in [3.63, 3.8) is 0 Å². The van der Waals surface area contributed by atoms with E-state index < -0.39 is 33.9 Å². The highest BCUT2D eigenvalue weighted by atomic mass is 32.2. The minimum absolute atomic E-state index is 0.0547. The van der Waals surface area contributed by atoms with E-state index in [-0.39, 0.29) is 37.8 Å². The molecule has 0 spiro atoms. The SMILES string of the molecule is N=C(N)c1ccc(CNC(=O)[C@H](CCc2ccccc2)NC(=O)[C@@H](COCc2ccccc2)NS(=O)(=O)Cc2ccccc2)cc1. The van der Waals surface area contributed by atoms with Crippen LogP contribution in [0.4, 0.5) is 0 Å². The third kappa shape index (κ3) is 11.3. The van der Waals surface area contributed by atoms with Gasteiger partial charge in [0.15, 0.2) is 0 Å². The molecule has 0 bridgehead atoms. The second-order valence-electron chi connectivity index (χ2n) is 10.8.